The van der Waals surface area contributed by atoms with E-state index < -0.39 is 0 Å². The van der Waals surface area contributed by atoms with Gasteiger partial charge < -0.3 is 9.80 Å². The summed E-state index contributed by atoms with van der Waals surface area (Å²) in [5, 5.41) is 7.07. The SMILES string of the molecule is CC(C)CC(=O)N1CCCC1C1N=C(C#CC2=CC=C(c3ccc(C4=NC(C5CCCN5C(=O)CC(C)C)NC4)cc3)CC2)CN1. The van der Waals surface area contributed by atoms with Crippen LogP contribution in [-0.2, 0) is 9.59 Å². The molecular formula is C38H50N6O2. The van der Waals surface area contributed by atoms with Gasteiger partial charge in [-0.25, -0.2) is 0 Å². The summed E-state index contributed by atoms with van der Waals surface area (Å²) in [5.41, 5.74) is 6.78. The molecule has 1 aromatic rings. The van der Waals surface area contributed by atoms with Crippen LogP contribution in [0.15, 0.2) is 52.0 Å². The van der Waals surface area contributed by atoms with E-state index in [0.29, 0.717) is 31.2 Å². The van der Waals surface area contributed by atoms with Gasteiger partial charge in [-0.2, -0.15) is 0 Å². The topological polar surface area (TPSA) is 89.4 Å². The number of nitrogens with zero attached hydrogens (tertiary/aromatic N) is 4. The number of allylic oxidation sites excluding steroid dienone is 4. The number of hydrogen-bond acceptors (Lipinski definition) is 6. The average Bonchev–Trinajstić information content (AvgIpc) is 3.86. The highest BCUT2D eigenvalue weighted by molar-refractivity contribution is 6.04. The number of nitrogens with one attached hydrogen (secondary N) is 2. The third-order valence-corrected chi connectivity index (χ3v) is 9.79. The standard InChI is InChI=1S/C38H50N6O2/c1-25(2)21-35(45)43-19-5-7-33(43)37-39-23-31(41-37)18-11-27-9-12-28(13-10-27)29-14-16-30(17-15-29)32-24-40-38(42-32)34-8-6-20-44(34)36(46)22-26(3)4/h9,12,14-17,25-26,33-34,37-40H,5-8,10,13,19-24H2,1-4H3. The summed E-state index contributed by atoms with van der Waals surface area (Å²) in [4.78, 5) is 39.6. The van der Waals surface area contributed by atoms with Crippen molar-refractivity contribution in [2.75, 3.05) is 26.2 Å². The largest absolute Gasteiger partial charge is 0.336 e. The highest BCUT2D eigenvalue weighted by atomic mass is 16.2. The van der Waals surface area contributed by atoms with Gasteiger partial charge in [0, 0.05) is 44.6 Å². The van der Waals surface area contributed by atoms with Gasteiger partial charge in [0.2, 0.25) is 11.8 Å². The van der Waals surface area contributed by atoms with Gasteiger partial charge >= 0.3 is 0 Å². The predicted octanol–water partition coefficient (Wildman–Crippen LogP) is 4.96. The molecule has 244 valence electrons. The number of benzene rings is 1. The zero-order chi connectivity index (χ0) is 32.2. The molecule has 4 atom stereocenters. The third-order valence-electron chi connectivity index (χ3n) is 9.79. The van der Waals surface area contributed by atoms with E-state index in [1.54, 1.807) is 0 Å². The van der Waals surface area contributed by atoms with E-state index in [0.717, 1.165) is 80.7 Å². The Morgan fingerprint density at radius 1 is 0.783 bits per heavy atom. The van der Waals surface area contributed by atoms with E-state index in [1.807, 2.05) is 4.90 Å². The second kappa shape index (κ2) is 14.5. The Balaban J connectivity index is 1.05. The molecule has 0 aromatic heterocycles. The molecule has 4 heterocycles. The zero-order valence-electron chi connectivity index (χ0n) is 28.0. The average molecular weight is 623 g/mol. The minimum absolute atomic E-state index is 0.0211. The normalized spacial score (nSPS) is 26.2. The molecule has 8 heteroatoms. The molecule has 1 aliphatic carbocycles. The van der Waals surface area contributed by atoms with E-state index >= 15 is 0 Å². The van der Waals surface area contributed by atoms with Crippen LogP contribution in [0.2, 0.25) is 0 Å². The van der Waals surface area contributed by atoms with Crippen molar-refractivity contribution in [3.05, 3.63) is 53.1 Å². The predicted molar refractivity (Wildman–Crippen MR) is 185 cm³/mol. The molecule has 2 saturated heterocycles. The Morgan fingerprint density at radius 3 is 1.96 bits per heavy atom. The number of hydrogen-bond donors (Lipinski definition) is 2. The van der Waals surface area contributed by atoms with Gasteiger partial charge in [-0.1, -0.05) is 70.0 Å². The highest BCUT2D eigenvalue weighted by Gasteiger charge is 2.38. The Morgan fingerprint density at radius 2 is 1.37 bits per heavy atom. The quantitative estimate of drug-likeness (QED) is 0.402. The van der Waals surface area contributed by atoms with Gasteiger partial charge in [0.25, 0.3) is 0 Å². The summed E-state index contributed by atoms with van der Waals surface area (Å²) in [5.74, 6) is 7.93. The second-order valence-electron chi connectivity index (χ2n) is 14.3. The molecule has 0 radical (unpaired) electrons. The first kappa shape index (κ1) is 32.4. The molecule has 8 nitrogen and oxygen atoms in total. The van der Waals surface area contributed by atoms with Crippen LogP contribution in [0.25, 0.3) is 5.57 Å². The number of amides is 2. The van der Waals surface area contributed by atoms with Crippen molar-refractivity contribution in [1.29, 1.82) is 0 Å². The Labute approximate surface area is 274 Å². The molecule has 0 saturated carbocycles. The Hall–Kier alpha value is -3.54. The Bertz CT molecular complexity index is 1490. The molecule has 5 aliphatic rings. The van der Waals surface area contributed by atoms with Crippen LogP contribution in [0.4, 0.5) is 0 Å². The van der Waals surface area contributed by atoms with Crippen LogP contribution in [0, 0.1) is 23.7 Å². The van der Waals surface area contributed by atoms with Gasteiger partial charge in [-0.3, -0.25) is 30.2 Å². The summed E-state index contributed by atoms with van der Waals surface area (Å²) >= 11 is 0. The fourth-order valence-corrected chi connectivity index (χ4v) is 7.42. The lowest BCUT2D eigenvalue weighted by molar-refractivity contribution is -0.134. The fourth-order valence-electron chi connectivity index (χ4n) is 7.42. The smallest absolute Gasteiger partial charge is 0.223 e. The molecule has 2 fully saturated rings. The number of carbonyl (C=O) groups is 2. The van der Waals surface area contributed by atoms with E-state index in [9.17, 15) is 9.59 Å². The minimum Gasteiger partial charge on any atom is -0.336 e. The molecule has 1 aromatic carbocycles. The van der Waals surface area contributed by atoms with E-state index in [2.05, 4.69) is 91.5 Å². The van der Waals surface area contributed by atoms with E-state index in [1.165, 1.54) is 11.1 Å². The molecule has 4 unspecified atom stereocenters. The molecule has 0 bridgehead atoms. The van der Waals surface area contributed by atoms with Crippen LogP contribution in [-0.4, -0.2) is 83.6 Å². The summed E-state index contributed by atoms with van der Waals surface area (Å²) in [7, 11) is 0. The molecule has 0 spiro atoms. The van der Waals surface area contributed by atoms with Crippen LogP contribution in [0.1, 0.15) is 90.2 Å². The third kappa shape index (κ3) is 7.53. The lowest BCUT2D eigenvalue weighted by atomic mass is 9.92. The van der Waals surface area contributed by atoms with E-state index in [-0.39, 0.29) is 36.2 Å². The monoisotopic (exact) mass is 622 g/mol. The van der Waals surface area contributed by atoms with Crippen LogP contribution in [0.3, 0.4) is 0 Å². The first-order valence-electron chi connectivity index (χ1n) is 17.5. The van der Waals surface area contributed by atoms with Crippen molar-refractivity contribution < 1.29 is 9.59 Å². The molecule has 6 rings (SSSR count). The van der Waals surface area contributed by atoms with Crippen LogP contribution < -0.4 is 10.6 Å². The maximum Gasteiger partial charge on any atom is 0.223 e. The Kier molecular flexibility index (Phi) is 10.2. The summed E-state index contributed by atoms with van der Waals surface area (Å²) in [6.07, 6.45) is 11.4. The second-order valence-corrected chi connectivity index (χ2v) is 14.3. The summed E-state index contributed by atoms with van der Waals surface area (Å²) < 4.78 is 0. The molecular weight excluding hydrogens is 572 g/mol. The molecule has 2 amide bonds. The van der Waals surface area contributed by atoms with Crippen molar-refractivity contribution >= 4 is 28.8 Å². The maximum absolute atomic E-state index is 12.8. The number of likely N-dealkylation sites (tertiary alicyclic amines) is 2. The van der Waals surface area contributed by atoms with Crippen molar-refractivity contribution in [3.8, 4) is 11.8 Å². The van der Waals surface area contributed by atoms with Gasteiger partial charge in [-0.05, 0) is 73.0 Å². The minimum atomic E-state index is -0.0501. The van der Waals surface area contributed by atoms with Crippen molar-refractivity contribution in [3.63, 3.8) is 0 Å². The lowest BCUT2D eigenvalue weighted by Crippen LogP contribution is -2.46. The van der Waals surface area contributed by atoms with Crippen molar-refractivity contribution in [1.82, 2.24) is 20.4 Å². The van der Waals surface area contributed by atoms with E-state index in [4.69, 9.17) is 9.98 Å². The number of carbonyl (C=O) groups excluding carboxylic acids is 2. The number of rotatable bonds is 8. The van der Waals surface area contributed by atoms with Crippen LogP contribution in [0.5, 0.6) is 0 Å². The first-order valence-corrected chi connectivity index (χ1v) is 17.5. The van der Waals surface area contributed by atoms with Crippen LogP contribution >= 0.6 is 0 Å². The maximum atomic E-state index is 12.8. The zero-order valence-corrected chi connectivity index (χ0v) is 28.0. The van der Waals surface area contributed by atoms with Gasteiger partial charge in [0.1, 0.15) is 18.0 Å². The van der Waals surface area contributed by atoms with Gasteiger partial charge in [0.05, 0.1) is 17.8 Å². The highest BCUT2D eigenvalue weighted by Crippen LogP contribution is 2.29. The molecule has 2 N–H and O–H groups in total. The molecule has 4 aliphatic heterocycles. The fraction of sp³-hybridized carbons (Fsp3) is 0.579. The first-order chi connectivity index (χ1) is 22.2. The van der Waals surface area contributed by atoms with Crippen molar-refractivity contribution in [2.24, 2.45) is 21.8 Å². The number of aliphatic imine (C=N–C) groups is 2. The van der Waals surface area contributed by atoms with Gasteiger partial charge in [0.15, 0.2) is 0 Å². The van der Waals surface area contributed by atoms with Crippen molar-refractivity contribution in [2.45, 2.75) is 103 Å². The summed E-state index contributed by atoms with van der Waals surface area (Å²) in [6, 6.07) is 9.05. The van der Waals surface area contributed by atoms with Gasteiger partial charge in [-0.15, -0.1) is 0 Å². The lowest BCUT2D eigenvalue weighted by Gasteiger charge is -2.28. The summed E-state index contributed by atoms with van der Waals surface area (Å²) in [6.45, 7) is 11.5. The molecule has 46 heavy (non-hydrogen) atoms.